The molecule has 0 unspecified atom stereocenters. The van der Waals surface area contributed by atoms with Gasteiger partial charge in [0.15, 0.2) is 5.76 Å². The average molecular weight is 302 g/mol. The molecular formula is C12H9Cl2NO4. The predicted molar refractivity (Wildman–Crippen MR) is 71.8 cm³/mol. The summed E-state index contributed by atoms with van der Waals surface area (Å²) in [5, 5.41) is 22.1. The largest absolute Gasteiger partial charge is 0.502 e. The van der Waals surface area contributed by atoms with Crippen LogP contribution in [0.4, 0.5) is 5.88 Å². The minimum Gasteiger partial charge on any atom is -0.502 e. The van der Waals surface area contributed by atoms with Crippen LogP contribution in [0, 0.1) is 0 Å². The first-order valence-electron chi connectivity index (χ1n) is 5.18. The number of nitrogens with one attached hydrogen (secondary N) is 1. The van der Waals surface area contributed by atoms with Gasteiger partial charge in [0.2, 0.25) is 23.3 Å². The Bertz CT molecular complexity index is 651. The molecule has 0 aliphatic heterocycles. The van der Waals surface area contributed by atoms with Crippen LogP contribution >= 0.6 is 23.2 Å². The highest BCUT2D eigenvalue weighted by Crippen LogP contribution is 2.47. The van der Waals surface area contributed by atoms with Gasteiger partial charge in [0.25, 0.3) is 0 Å². The van der Waals surface area contributed by atoms with Crippen LogP contribution in [0.3, 0.4) is 0 Å². The number of aromatic hydroxyl groups is 2. The second-order valence-electron chi connectivity index (χ2n) is 3.74. The van der Waals surface area contributed by atoms with Crippen LogP contribution in [0.25, 0.3) is 11.3 Å². The van der Waals surface area contributed by atoms with E-state index >= 15 is 0 Å². The van der Waals surface area contributed by atoms with Crippen molar-refractivity contribution < 1.29 is 19.4 Å². The molecule has 0 spiro atoms. The van der Waals surface area contributed by atoms with E-state index in [1.165, 1.54) is 6.92 Å². The molecule has 1 heterocycles. The van der Waals surface area contributed by atoms with Crippen LogP contribution in [0.15, 0.2) is 22.6 Å². The molecule has 7 heteroatoms. The minimum atomic E-state index is -0.568. The van der Waals surface area contributed by atoms with Crippen LogP contribution in [-0.4, -0.2) is 16.1 Å². The monoisotopic (exact) mass is 301 g/mol. The smallest absolute Gasteiger partial charge is 0.246 e. The van der Waals surface area contributed by atoms with E-state index in [0.29, 0.717) is 5.56 Å². The zero-order valence-electron chi connectivity index (χ0n) is 9.70. The Morgan fingerprint density at radius 2 is 1.95 bits per heavy atom. The number of anilines is 1. The van der Waals surface area contributed by atoms with Gasteiger partial charge >= 0.3 is 0 Å². The van der Waals surface area contributed by atoms with E-state index in [1.54, 1.807) is 18.2 Å². The fourth-order valence-electron chi connectivity index (χ4n) is 1.52. The van der Waals surface area contributed by atoms with Crippen LogP contribution in [-0.2, 0) is 4.79 Å². The summed E-state index contributed by atoms with van der Waals surface area (Å²) in [6.45, 7) is 1.24. The van der Waals surface area contributed by atoms with Crippen molar-refractivity contribution in [3.05, 3.63) is 28.2 Å². The molecule has 0 atom stereocenters. The average Bonchev–Trinajstić information content (AvgIpc) is 2.61. The van der Waals surface area contributed by atoms with Gasteiger partial charge in [-0.2, -0.15) is 0 Å². The maximum Gasteiger partial charge on any atom is 0.246 e. The number of hydrogen-bond acceptors (Lipinski definition) is 4. The lowest BCUT2D eigenvalue weighted by Gasteiger charge is -2.02. The quantitative estimate of drug-likeness (QED) is 0.791. The van der Waals surface area contributed by atoms with E-state index in [4.69, 9.17) is 27.6 Å². The van der Waals surface area contributed by atoms with Crippen molar-refractivity contribution in [3.63, 3.8) is 0 Å². The normalized spacial score (nSPS) is 10.5. The van der Waals surface area contributed by atoms with E-state index in [2.05, 4.69) is 5.32 Å². The van der Waals surface area contributed by atoms with Gasteiger partial charge in [-0.25, -0.2) is 0 Å². The van der Waals surface area contributed by atoms with Gasteiger partial charge in [0.05, 0.1) is 10.0 Å². The van der Waals surface area contributed by atoms with Gasteiger partial charge in [-0.05, 0) is 12.1 Å². The van der Waals surface area contributed by atoms with Gasteiger partial charge < -0.3 is 14.6 Å². The molecule has 1 aromatic heterocycles. The van der Waals surface area contributed by atoms with Crippen molar-refractivity contribution in [2.45, 2.75) is 6.92 Å². The molecule has 0 aliphatic carbocycles. The fourth-order valence-corrected chi connectivity index (χ4v) is 1.91. The molecule has 1 aromatic carbocycles. The third kappa shape index (κ3) is 2.47. The Hall–Kier alpha value is -1.85. The molecular weight excluding hydrogens is 293 g/mol. The highest BCUT2D eigenvalue weighted by molar-refractivity contribution is 6.43. The Labute approximate surface area is 118 Å². The summed E-state index contributed by atoms with van der Waals surface area (Å²) < 4.78 is 5.20. The van der Waals surface area contributed by atoms with Gasteiger partial charge in [0.1, 0.15) is 0 Å². The lowest BCUT2D eigenvalue weighted by atomic mass is 10.1. The summed E-state index contributed by atoms with van der Waals surface area (Å²) >= 11 is 11.9. The van der Waals surface area contributed by atoms with E-state index in [9.17, 15) is 15.0 Å². The van der Waals surface area contributed by atoms with Crippen molar-refractivity contribution in [1.29, 1.82) is 0 Å². The maximum absolute atomic E-state index is 10.9. The second kappa shape index (κ2) is 5.03. The standard InChI is InChI=1S/C12H9Cl2NO4/c1-5(16)15-12-10(18)9(17)11(19-12)6-3-2-4-7(13)8(6)14/h2-4,17-18H,1H3,(H,15,16). The second-order valence-corrected chi connectivity index (χ2v) is 4.53. The molecule has 0 saturated heterocycles. The van der Waals surface area contributed by atoms with E-state index in [0.717, 1.165) is 0 Å². The Kier molecular flexibility index (Phi) is 3.59. The highest BCUT2D eigenvalue weighted by Gasteiger charge is 2.23. The molecule has 2 aromatic rings. The van der Waals surface area contributed by atoms with E-state index in [1.807, 2.05) is 0 Å². The van der Waals surface area contributed by atoms with Crippen LogP contribution in [0.2, 0.25) is 10.0 Å². The van der Waals surface area contributed by atoms with Crippen molar-refractivity contribution >= 4 is 35.0 Å². The Morgan fingerprint density at radius 1 is 1.26 bits per heavy atom. The lowest BCUT2D eigenvalue weighted by Crippen LogP contribution is -2.04. The highest BCUT2D eigenvalue weighted by atomic mass is 35.5. The van der Waals surface area contributed by atoms with Crippen LogP contribution in [0.5, 0.6) is 11.5 Å². The maximum atomic E-state index is 10.9. The van der Waals surface area contributed by atoms with Crippen LogP contribution in [0.1, 0.15) is 6.92 Å². The number of hydrogen-bond donors (Lipinski definition) is 3. The third-order valence-electron chi connectivity index (χ3n) is 2.34. The molecule has 19 heavy (non-hydrogen) atoms. The Morgan fingerprint density at radius 3 is 2.58 bits per heavy atom. The molecule has 0 saturated carbocycles. The number of halogens is 2. The summed E-state index contributed by atoms with van der Waals surface area (Å²) in [4.78, 5) is 10.9. The fraction of sp³-hybridized carbons (Fsp3) is 0.0833. The summed E-state index contributed by atoms with van der Waals surface area (Å²) in [7, 11) is 0. The van der Waals surface area contributed by atoms with Gasteiger partial charge in [-0.3, -0.25) is 10.1 Å². The first-order valence-corrected chi connectivity index (χ1v) is 5.94. The summed E-state index contributed by atoms with van der Waals surface area (Å²) in [6.07, 6.45) is 0. The van der Waals surface area contributed by atoms with Crippen LogP contribution < -0.4 is 5.32 Å². The molecule has 0 bridgehead atoms. The summed E-state index contributed by atoms with van der Waals surface area (Å²) in [6, 6.07) is 4.74. The summed E-state index contributed by atoms with van der Waals surface area (Å²) in [5.74, 6) is -1.87. The number of amides is 1. The zero-order chi connectivity index (χ0) is 14.2. The predicted octanol–water partition coefficient (Wildman–Crippen LogP) is 3.62. The molecule has 0 aliphatic rings. The zero-order valence-corrected chi connectivity index (χ0v) is 11.2. The van der Waals surface area contributed by atoms with Gasteiger partial charge in [-0.1, -0.05) is 29.3 Å². The lowest BCUT2D eigenvalue weighted by molar-refractivity contribution is -0.114. The first-order chi connectivity index (χ1) is 8.91. The molecule has 100 valence electrons. The van der Waals surface area contributed by atoms with Crippen molar-refractivity contribution in [2.24, 2.45) is 0 Å². The molecule has 3 N–H and O–H groups in total. The number of furan rings is 1. The number of benzene rings is 1. The van der Waals surface area contributed by atoms with E-state index in [-0.39, 0.29) is 21.7 Å². The molecule has 1 amide bonds. The number of carbonyl (C=O) groups is 1. The van der Waals surface area contributed by atoms with E-state index < -0.39 is 17.4 Å². The molecule has 0 fully saturated rings. The number of carbonyl (C=O) groups excluding carboxylic acids is 1. The van der Waals surface area contributed by atoms with Gasteiger partial charge in [0, 0.05) is 12.5 Å². The van der Waals surface area contributed by atoms with Gasteiger partial charge in [-0.15, -0.1) is 0 Å². The first kappa shape index (κ1) is 13.6. The molecule has 0 radical (unpaired) electrons. The summed E-state index contributed by atoms with van der Waals surface area (Å²) in [5.41, 5.74) is 0.304. The van der Waals surface area contributed by atoms with Crippen molar-refractivity contribution in [2.75, 3.05) is 5.32 Å². The topological polar surface area (TPSA) is 82.7 Å². The Balaban J connectivity index is 2.57. The minimum absolute atomic E-state index is 0.0752. The molecule has 2 rings (SSSR count). The van der Waals surface area contributed by atoms with Crippen molar-refractivity contribution in [1.82, 2.24) is 0 Å². The molecule has 5 nitrogen and oxygen atoms in total. The SMILES string of the molecule is CC(=O)Nc1oc(-c2cccc(Cl)c2Cl)c(O)c1O. The number of rotatable bonds is 2. The van der Waals surface area contributed by atoms with Crippen molar-refractivity contribution in [3.8, 4) is 22.8 Å². The third-order valence-corrected chi connectivity index (χ3v) is 3.16.